The van der Waals surface area contributed by atoms with Gasteiger partial charge in [-0.15, -0.1) is 12.4 Å². The van der Waals surface area contributed by atoms with Gasteiger partial charge in [0, 0.05) is 38.8 Å². The Labute approximate surface area is 157 Å². The molecule has 0 amide bonds. The Hall–Kier alpha value is -0.150. The van der Waals surface area contributed by atoms with E-state index in [1.165, 1.54) is 16.4 Å². The van der Waals surface area contributed by atoms with Gasteiger partial charge in [-0.1, -0.05) is 23.2 Å². The summed E-state index contributed by atoms with van der Waals surface area (Å²) in [6, 6.07) is 2.95. The molecule has 1 atom stereocenters. The number of sulfonamides is 1. The first-order valence-corrected chi connectivity index (χ1v) is 9.69. The molecule has 0 saturated carbocycles. The lowest BCUT2D eigenvalue weighted by Crippen LogP contribution is -2.52. The van der Waals surface area contributed by atoms with Crippen LogP contribution in [0.2, 0.25) is 10.0 Å². The van der Waals surface area contributed by atoms with Gasteiger partial charge in [0.25, 0.3) is 0 Å². The first-order valence-electron chi connectivity index (χ1n) is 7.49. The Bertz CT molecular complexity index is 691. The molecule has 0 bridgehead atoms. The third kappa shape index (κ3) is 3.82. The van der Waals surface area contributed by atoms with E-state index in [9.17, 15) is 12.8 Å². The van der Waals surface area contributed by atoms with Crippen LogP contribution in [0.5, 0.6) is 0 Å². The van der Waals surface area contributed by atoms with Crippen molar-refractivity contribution < 1.29 is 12.8 Å². The Morgan fingerprint density at radius 3 is 2.42 bits per heavy atom. The molecule has 2 saturated heterocycles. The highest BCUT2D eigenvalue weighted by Crippen LogP contribution is 2.31. The number of benzene rings is 1. The molecular formula is C14H19Cl3FN3O2S. The van der Waals surface area contributed by atoms with E-state index in [-0.39, 0.29) is 22.3 Å². The van der Waals surface area contributed by atoms with Crippen molar-refractivity contribution in [2.45, 2.75) is 17.4 Å². The highest BCUT2D eigenvalue weighted by Gasteiger charge is 2.33. The van der Waals surface area contributed by atoms with Crippen molar-refractivity contribution >= 4 is 45.6 Å². The lowest BCUT2D eigenvalue weighted by Gasteiger charge is -2.37. The third-order valence-electron chi connectivity index (χ3n) is 4.44. The standard InChI is InChI=1S/C14H18Cl2FN3O2S.ClH/c15-11-1-2-12(13(16)14(11)17)23(21,22)20-7-5-19(6-8-20)10-3-4-18-9-10;/h1-2,10,18H,3-9H2;1H. The maximum absolute atomic E-state index is 13.8. The van der Waals surface area contributed by atoms with Crippen molar-refractivity contribution in [2.24, 2.45) is 0 Å². The first-order chi connectivity index (χ1) is 10.9. The Kier molecular flexibility index (Phi) is 6.75. The third-order valence-corrected chi connectivity index (χ3v) is 7.16. The zero-order valence-electron chi connectivity index (χ0n) is 12.8. The van der Waals surface area contributed by atoms with E-state index < -0.39 is 20.9 Å². The predicted octanol–water partition coefficient (Wildman–Crippen LogP) is 2.22. The fourth-order valence-corrected chi connectivity index (χ4v) is 5.25. The van der Waals surface area contributed by atoms with Crippen LogP contribution in [-0.2, 0) is 10.0 Å². The summed E-state index contributed by atoms with van der Waals surface area (Å²) in [5, 5.41) is 2.68. The van der Waals surface area contributed by atoms with Gasteiger partial charge in [-0.3, -0.25) is 4.90 Å². The number of rotatable bonds is 3. The molecule has 0 radical (unpaired) electrons. The first kappa shape index (κ1) is 20.2. The molecule has 0 aromatic heterocycles. The van der Waals surface area contributed by atoms with E-state index in [0.29, 0.717) is 32.2 Å². The zero-order valence-corrected chi connectivity index (χ0v) is 16.0. The second-order valence-corrected chi connectivity index (χ2v) is 8.45. The topological polar surface area (TPSA) is 52.7 Å². The van der Waals surface area contributed by atoms with Crippen LogP contribution in [0, 0.1) is 5.82 Å². The summed E-state index contributed by atoms with van der Waals surface area (Å²) in [6.07, 6.45) is 1.08. The minimum atomic E-state index is -3.82. The maximum Gasteiger partial charge on any atom is 0.244 e. The lowest BCUT2D eigenvalue weighted by atomic mass is 10.2. The summed E-state index contributed by atoms with van der Waals surface area (Å²) < 4.78 is 40.6. The van der Waals surface area contributed by atoms with E-state index in [2.05, 4.69) is 10.2 Å². The van der Waals surface area contributed by atoms with Gasteiger partial charge in [-0.05, 0) is 25.1 Å². The largest absolute Gasteiger partial charge is 0.315 e. The van der Waals surface area contributed by atoms with Gasteiger partial charge in [0.2, 0.25) is 10.0 Å². The van der Waals surface area contributed by atoms with Gasteiger partial charge in [-0.25, -0.2) is 12.8 Å². The van der Waals surface area contributed by atoms with Crippen LogP contribution in [0.15, 0.2) is 17.0 Å². The molecule has 2 aliphatic heterocycles. The van der Waals surface area contributed by atoms with Gasteiger partial charge < -0.3 is 5.32 Å². The Balaban J connectivity index is 0.00000208. The maximum atomic E-state index is 13.8. The van der Waals surface area contributed by atoms with Crippen LogP contribution in [-0.4, -0.2) is 62.9 Å². The van der Waals surface area contributed by atoms with Crippen molar-refractivity contribution in [3.05, 3.63) is 28.0 Å². The minimum Gasteiger partial charge on any atom is -0.315 e. The second kappa shape index (κ2) is 8.03. The number of hydrogen-bond donors (Lipinski definition) is 1. The second-order valence-electron chi connectivity index (χ2n) is 5.76. The molecule has 2 aliphatic rings. The summed E-state index contributed by atoms with van der Waals surface area (Å²) in [4.78, 5) is 2.08. The van der Waals surface area contributed by atoms with Crippen LogP contribution in [0.4, 0.5) is 4.39 Å². The molecule has 3 rings (SSSR count). The van der Waals surface area contributed by atoms with Crippen molar-refractivity contribution in [2.75, 3.05) is 39.3 Å². The van der Waals surface area contributed by atoms with E-state index in [4.69, 9.17) is 23.2 Å². The van der Waals surface area contributed by atoms with Gasteiger partial charge in [0.1, 0.15) is 4.90 Å². The molecule has 2 heterocycles. The molecular weight excluding hydrogens is 400 g/mol. The van der Waals surface area contributed by atoms with Gasteiger partial charge >= 0.3 is 0 Å². The molecule has 0 spiro atoms. The van der Waals surface area contributed by atoms with Crippen molar-refractivity contribution in [1.82, 2.24) is 14.5 Å². The molecule has 136 valence electrons. The molecule has 1 N–H and O–H groups in total. The molecule has 24 heavy (non-hydrogen) atoms. The van der Waals surface area contributed by atoms with Gasteiger partial charge in [-0.2, -0.15) is 4.31 Å². The van der Waals surface area contributed by atoms with Gasteiger partial charge in [0.05, 0.1) is 10.0 Å². The van der Waals surface area contributed by atoms with Crippen molar-refractivity contribution in [3.8, 4) is 0 Å². The average Bonchev–Trinajstić information content (AvgIpc) is 3.07. The molecule has 1 aromatic carbocycles. The van der Waals surface area contributed by atoms with Gasteiger partial charge in [0.15, 0.2) is 5.82 Å². The van der Waals surface area contributed by atoms with E-state index in [1.54, 1.807) is 0 Å². The summed E-state index contributed by atoms with van der Waals surface area (Å²) in [5.74, 6) is -0.898. The monoisotopic (exact) mass is 417 g/mol. The number of nitrogens with one attached hydrogen (secondary N) is 1. The predicted molar refractivity (Wildman–Crippen MR) is 95.3 cm³/mol. The SMILES string of the molecule is Cl.O=S(=O)(c1ccc(Cl)c(F)c1Cl)N1CCN(C2CCNC2)CC1. The summed E-state index contributed by atoms with van der Waals surface area (Å²) in [6.45, 7) is 4.03. The fraction of sp³-hybridized carbons (Fsp3) is 0.571. The molecule has 2 fully saturated rings. The Morgan fingerprint density at radius 2 is 1.83 bits per heavy atom. The van der Waals surface area contributed by atoms with Crippen molar-refractivity contribution in [1.29, 1.82) is 0 Å². The van der Waals surface area contributed by atoms with E-state index >= 15 is 0 Å². The molecule has 10 heteroatoms. The van der Waals surface area contributed by atoms with E-state index in [0.717, 1.165) is 19.5 Å². The van der Waals surface area contributed by atoms with E-state index in [1.807, 2.05) is 0 Å². The highest BCUT2D eigenvalue weighted by atomic mass is 35.5. The molecule has 1 aromatic rings. The Morgan fingerprint density at radius 1 is 1.17 bits per heavy atom. The number of nitrogens with zero attached hydrogens (tertiary/aromatic N) is 2. The number of hydrogen-bond acceptors (Lipinski definition) is 4. The highest BCUT2D eigenvalue weighted by molar-refractivity contribution is 7.89. The summed E-state index contributed by atoms with van der Waals surface area (Å²) in [5.41, 5.74) is 0. The lowest BCUT2D eigenvalue weighted by molar-refractivity contribution is 0.145. The summed E-state index contributed by atoms with van der Waals surface area (Å²) in [7, 11) is -3.82. The van der Waals surface area contributed by atoms with Crippen LogP contribution >= 0.6 is 35.6 Å². The van der Waals surface area contributed by atoms with Crippen LogP contribution in [0.1, 0.15) is 6.42 Å². The van der Waals surface area contributed by atoms with Crippen molar-refractivity contribution in [3.63, 3.8) is 0 Å². The molecule has 1 unspecified atom stereocenters. The fourth-order valence-electron chi connectivity index (χ4n) is 3.11. The quantitative estimate of drug-likeness (QED) is 0.765. The van der Waals surface area contributed by atoms with Crippen LogP contribution in [0.3, 0.4) is 0 Å². The smallest absolute Gasteiger partial charge is 0.244 e. The summed E-state index contributed by atoms with van der Waals surface area (Å²) >= 11 is 11.5. The number of halogens is 4. The molecule has 5 nitrogen and oxygen atoms in total. The minimum absolute atomic E-state index is 0. The zero-order chi connectivity index (χ0) is 16.6. The normalized spacial score (nSPS) is 23.2. The van der Waals surface area contributed by atoms with Crippen LogP contribution in [0.25, 0.3) is 0 Å². The average molecular weight is 419 g/mol. The van der Waals surface area contributed by atoms with Crippen LogP contribution < -0.4 is 5.32 Å². The number of piperazine rings is 1. The molecule has 0 aliphatic carbocycles.